The van der Waals surface area contributed by atoms with Crippen LogP contribution >= 0.6 is 0 Å². The van der Waals surface area contributed by atoms with Crippen LogP contribution in [0.5, 0.6) is 0 Å². The molecule has 1 saturated carbocycles. The van der Waals surface area contributed by atoms with Gasteiger partial charge in [0.15, 0.2) is 0 Å². The maximum absolute atomic E-state index is 12.4. The molecule has 2 bridgehead atoms. The summed E-state index contributed by atoms with van der Waals surface area (Å²) in [5, 5.41) is 2.60. The maximum atomic E-state index is 12.4. The summed E-state index contributed by atoms with van der Waals surface area (Å²) in [6, 6.07) is 11.3. The van der Waals surface area contributed by atoms with Crippen molar-refractivity contribution in [2.45, 2.75) is 38.0 Å². The standard InChI is InChI=1S/C21H20O/c1-13-2-4-15-10-20-17(8-16(15)6-13)9-19(22)12-21(20)11-14-3-5-18(21)7-14/h2-6,8,10,14,18H,7,9,11-12H2,1H3. The van der Waals surface area contributed by atoms with Crippen molar-refractivity contribution in [1.29, 1.82) is 0 Å². The van der Waals surface area contributed by atoms with Gasteiger partial charge in [-0.15, -0.1) is 0 Å². The van der Waals surface area contributed by atoms with Crippen LogP contribution in [-0.4, -0.2) is 5.78 Å². The summed E-state index contributed by atoms with van der Waals surface area (Å²) in [5.41, 5.74) is 4.14. The molecule has 5 rings (SSSR count). The third-order valence-electron chi connectivity index (χ3n) is 6.16. The number of allylic oxidation sites excluding steroid dienone is 2. The highest BCUT2D eigenvalue weighted by Gasteiger charge is 2.52. The molecule has 3 unspecified atom stereocenters. The van der Waals surface area contributed by atoms with E-state index in [4.69, 9.17) is 0 Å². The molecule has 0 radical (unpaired) electrons. The Kier molecular flexibility index (Phi) is 2.35. The minimum absolute atomic E-state index is 0.100. The van der Waals surface area contributed by atoms with Crippen molar-refractivity contribution in [3.05, 3.63) is 59.2 Å². The van der Waals surface area contributed by atoms with Gasteiger partial charge in [0.25, 0.3) is 0 Å². The predicted molar refractivity (Wildman–Crippen MR) is 89.0 cm³/mol. The van der Waals surface area contributed by atoms with Crippen molar-refractivity contribution in [2.75, 3.05) is 0 Å². The van der Waals surface area contributed by atoms with Gasteiger partial charge in [-0.3, -0.25) is 4.79 Å². The molecule has 1 spiro atoms. The molecule has 0 amide bonds. The molecule has 1 fully saturated rings. The Balaban J connectivity index is 1.78. The smallest absolute Gasteiger partial charge is 0.138 e. The van der Waals surface area contributed by atoms with Crippen molar-refractivity contribution >= 4 is 16.6 Å². The van der Waals surface area contributed by atoms with E-state index in [0.717, 1.165) is 6.42 Å². The minimum atomic E-state index is 0.100. The van der Waals surface area contributed by atoms with Gasteiger partial charge in [-0.05, 0) is 53.5 Å². The maximum Gasteiger partial charge on any atom is 0.138 e. The number of hydrogen-bond donors (Lipinski definition) is 0. The number of carbonyl (C=O) groups is 1. The fourth-order valence-corrected chi connectivity index (χ4v) is 5.26. The van der Waals surface area contributed by atoms with Crippen LogP contribution in [0.2, 0.25) is 0 Å². The van der Waals surface area contributed by atoms with E-state index >= 15 is 0 Å². The largest absolute Gasteiger partial charge is 0.299 e. The zero-order valence-corrected chi connectivity index (χ0v) is 12.9. The van der Waals surface area contributed by atoms with E-state index in [1.54, 1.807) is 0 Å². The Morgan fingerprint density at radius 3 is 2.77 bits per heavy atom. The lowest BCUT2D eigenvalue weighted by atomic mass is 9.62. The number of benzene rings is 2. The zero-order valence-electron chi connectivity index (χ0n) is 12.9. The van der Waals surface area contributed by atoms with E-state index in [9.17, 15) is 4.79 Å². The summed E-state index contributed by atoms with van der Waals surface area (Å²) in [4.78, 5) is 12.4. The van der Waals surface area contributed by atoms with Crippen LogP contribution in [0.3, 0.4) is 0 Å². The summed E-state index contributed by atoms with van der Waals surface area (Å²) in [6.07, 6.45) is 8.56. The average molecular weight is 288 g/mol. The molecule has 0 N–H and O–H groups in total. The molecule has 0 aliphatic heterocycles. The first-order chi connectivity index (χ1) is 10.6. The molecule has 2 aromatic carbocycles. The molecule has 2 aromatic rings. The number of rotatable bonds is 0. The molecule has 0 aromatic heterocycles. The normalized spacial score (nSPS) is 32.1. The minimum Gasteiger partial charge on any atom is -0.299 e. The van der Waals surface area contributed by atoms with Crippen molar-refractivity contribution < 1.29 is 4.79 Å². The summed E-state index contributed by atoms with van der Waals surface area (Å²) < 4.78 is 0. The summed E-state index contributed by atoms with van der Waals surface area (Å²) in [5.74, 6) is 1.70. The molecular weight excluding hydrogens is 268 g/mol. The van der Waals surface area contributed by atoms with Crippen molar-refractivity contribution in [1.82, 2.24) is 0 Å². The van der Waals surface area contributed by atoms with Crippen LogP contribution in [0.25, 0.3) is 10.8 Å². The first-order valence-electron chi connectivity index (χ1n) is 8.38. The SMILES string of the molecule is Cc1ccc2cc3c(cc2c1)CC(=O)CC31CC2C=CC1C2. The number of fused-ring (bicyclic) bond motifs is 6. The average Bonchev–Trinajstić information content (AvgIpc) is 3.06. The number of carbonyl (C=O) groups excluding carboxylic acids is 1. The Morgan fingerprint density at radius 1 is 1.09 bits per heavy atom. The van der Waals surface area contributed by atoms with Crippen molar-refractivity contribution in [3.63, 3.8) is 0 Å². The fourth-order valence-electron chi connectivity index (χ4n) is 5.26. The van der Waals surface area contributed by atoms with E-state index < -0.39 is 0 Å². The fraction of sp³-hybridized carbons (Fsp3) is 0.381. The van der Waals surface area contributed by atoms with E-state index in [1.165, 1.54) is 40.3 Å². The molecular formula is C21H20O. The predicted octanol–water partition coefficient (Wildman–Crippen LogP) is 4.50. The second-order valence-electron chi connectivity index (χ2n) is 7.60. The number of ketones is 1. The highest BCUT2D eigenvalue weighted by molar-refractivity contribution is 5.91. The van der Waals surface area contributed by atoms with Crippen LogP contribution < -0.4 is 0 Å². The first kappa shape index (κ1) is 12.6. The lowest BCUT2D eigenvalue weighted by molar-refractivity contribution is -0.120. The van der Waals surface area contributed by atoms with Crippen LogP contribution in [0.15, 0.2) is 42.5 Å². The highest BCUT2D eigenvalue weighted by atomic mass is 16.1. The van der Waals surface area contributed by atoms with Gasteiger partial charge in [-0.25, -0.2) is 0 Å². The van der Waals surface area contributed by atoms with E-state index in [2.05, 4.69) is 49.4 Å². The number of Topliss-reactive ketones (excluding diaryl/α,β-unsaturated/α-hetero) is 1. The third kappa shape index (κ3) is 1.57. The van der Waals surface area contributed by atoms with Gasteiger partial charge in [0.1, 0.15) is 5.78 Å². The summed E-state index contributed by atoms with van der Waals surface area (Å²) in [6.45, 7) is 2.13. The second-order valence-corrected chi connectivity index (χ2v) is 7.60. The molecule has 3 aliphatic rings. The lowest BCUT2D eigenvalue weighted by Gasteiger charge is -2.40. The first-order valence-corrected chi connectivity index (χ1v) is 8.38. The molecule has 110 valence electrons. The van der Waals surface area contributed by atoms with Crippen LogP contribution in [-0.2, 0) is 16.6 Å². The van der Waals surface area contributed by atoms with Crippen LogP contribution in [0.1, 0.15) is 36.0 Å². The Hall–Kier alpha value is -1.89. The topological polar surface area (TPSA) is 17.1 Å². The molecule has 22 heavy (non-hydrogen) atoms. The Morgan fingerprint density at radius 2 is 2.00 bits per heavy atom. The molecule has 0 saturated heterocycles. The van der Waals surface area contributed by atoms with Gasteiger partial charge in [0, 0.05) is 18.3 Å². The molecule has 3 atom stereocenters. The van der Waals surface area contributed by atoms with E-state index in [0.29, 0.717) is 24.0 Å². The molecule has 1 heteroatoms. The van der Waals surface area contributed by atoms with Gasteiger partial charge in [0.2, 0.25) is 0 Å². The second kappa shape index (κ2) is 4.10. The van der Waals surface area contributed by atoms with Crippen molar-refractivity contribution in [3.8, 4) is 0 Å². The van der Waals surface area contributed by atoms with Gasteiger partial charge in [0.05, 0.1) is 0 Å². The Labute approximate surface area is 131 Å². The Bertz CT molecular complexity index is 844. The van der Waals surface area contributed by atoms with Crippen LogP contribution in [0, 0.1) is 18.8 Å². The number of hydrogen-bond acceptors (Lipinski definition) is 1. The van der Waals surface area contributed by atoms with Gasteiger partial charge in [-0.1, -0.05) is 48.0 Å². The van der Waals surface area contributed by atoms with Gasteiger partial charge >= 0.3 is 0 Å². The molecule has 1 nitrogen and oxygen atoms in total. The molecule has 3 aliphatic carbocycles. The summed E-state index contributed by atoms with van der Waals surface area (Å²) in [7, 11) is 0. The highest BCUT2D eigenvalue weighted by Crippen LogP contribution is 2.57. The van der Waals surface area contributed by atoms with Crippen molar-refractivity contribution in [2.24, 2.45) is 11.8 Å². The lowest BCUT2D eigenvalue weighted by Crippen LogP contribution is -2.38. The zero-order chi connectivity index (χ0) is 14.9. The summed E-state index contributed by atoms with van der Waals surface area (Å²) >= 11 is 0. The third-order valence-corrected chi connectivity index (χ3v) is 6.16. The van der Waals surface area contributed by atoms with Crippen LogP contribution in [0.4, 0.5) is 0 Å². The van der Waals surface area contributed by atoms with Gasteiger partial charge in [-0.2, -0.15) is 0 Å². The van der Waals surface area contributed by atoms with E-state index in [-0.39, 0.29) is 5.41 Å². The number of aryl methyl sites for hydroxylation is 1. The van der Waals surface area contributed by atoms with Gasteiger partial charge < -0.3 is 0 Å². The molecule has 0 heterocycles. The monoisotopic (exact) mass is 288 g/mol. The van der Waals surface area contributed by atoms with E-state index in [1.807, 2.05) is 0 Å². The quantitative estimate of drug-likeness (QED) is 0.652.